The Morgan fingerprint density at radius 3 is 2.55 bits per heavy atom. The first-order chi connectivity index (χ1) is 9.37. The van der Waals surface area contributed by atoms with Gasteiger partial charge in [-0.15, -0.1) is 21.8 Å². The lowest BCUT2D eigenvalue weighted by atomic mass is 9.96. The first-order valence-electron chi connectivity index (χ1n) is 6.14. The van der Waals surface area contributed by atoms with Crippen LogP contribution in [0.4, 0.5) is 5.13 Å². The van der Waals surface area contributed by atoms with Crippen molar-refractivity contribution >= 4 is 44.0 Å². The van der Waals surface area contributed by atoms with Gasteiger partial charge in [0.05, 0.1) is 0 Å². The summed E-state index contributed by atoms with van der Waals surface area (Å²) >= 11 is 6.81. The Balaban J connectivity index is 2.02. The number of hydrogen-bond donors (Lipinski definition) is 2. The maximum absolute atomic E-state index is 12.1. The van der Waals surface area contributed by atoms with E-state index in [-0.39, 0.29) is 26.8 Å². The highest BCUT2D eigenvalue weighted by Gasteiger charge is 2.27. The fraction of sp³-hybridized carbons (Fsp3) is 0.700. The molecular formula is C10H15ClN4O3S2. The largest absolute Gasteiger partial charge is 0.301 e. The number of anilines is 1. The van der Waals surface area contributed by atoms with Crippen LogP contribution in [0.5, 0.6) is 0 Å². The molecule has 0 aliphatic heterocycles. The van der Waals surface area contributed by atoms with Gasteiger partial charge in [-0.3, -0.25) is 4.79 Å². The zero-order chi connectivity index (χ0) is 14.8. The van der Waals surface area contributed by atoms with Crippen molar-refractivity contribution in [2.24, 2.45) is 0 Å². The number of amides is 1. The lowest BCUT2D eigenvalue weighted by Crippen LogP contribution is -2.37. The smallest absolute Gasteiger partial charge is 0.270 e. The highest BCUT2D eigenvalue weighted by molar-refractivity contribution is 7.91. The van der Waals surface area contributed by atoms with E-state index >= 15 is 0 Å². The molecule has 0 unspecified atom stereocenters. The lowest BCUT2D eigenvalue weighted by Gasteiger charge is -2.24. The quantitative estimate of drug-likeness (QED) is 0.637. The third-order valence-electron chi connectivity index (χ3n) is 2.90. The van der Waals surface area contributed by atoms with Crippen LogP contribution in [0.25, 0.3) is 0 Å². The number of halogens is 1. The normalized spacial score (nSPS) is 23.5. The molecule has 2 N–H and O–H groups in total. The predicted molar refractivity (Wildman–Crippen MR) is 76.4 cm³/mol. The summed E-state index contributed by atoms with van der Waals surface area (Å²) in [7, 11) is -3.69. The van der Waals surface area contributed by atoms with Crippen molar-refractivity contribution in [2.75, 3.05) is 5.32 Å². The molecule has 1 aliphatic carbocycles. The summed E-state index contributed by atoms with van der Waals surface area (Å²) in [6.07, 6.45) is 3.01. The van der Waals surface area contributed by atoms with Gasteiger partial charge in [0.2, 0.25) is 15.4 Å². The van der Waals surface area contributed by atoms with Crippen molar-refractivity contribution in [3.8, 4) is 0 Å². The van der Waals surface area contributed by atoms with Crippen LogP contribution in [0.2, 0.25) is 0 Å². The van der Waals surface area contributed by atoms with E-state index < -0.39 is 10.0 Å². The van der Waals surface area contributed by atoms with E-state index in [9.17, 15) is 13.2 Å². The summed E-state index contributed by atoms with van der Waals surface area (Å²) in [5.41, 5.74) is 0. The van der Waals surface area contributed by atoms with Gasteiger partial charge in [-0.2, -0.15) is 0 Å². The first kappa shape index (κ1) is 15.6. The second-order valence-corrected chi connectivity index (χ2v) is 8.11. The minimum atomic E-state index is -3.69. The second-order valence-electron chi connectivity index (χ2n) is 4.62. The summed E-state index contributed by atoms with van der Waals surface area (Å²) < 4.78 is 26.7. The standard InChI is InChI=1S/C10H15ClN4O3S2/c1-6(16)12-9-13-14-10(19-9)20(17,18)15-8-4-2-7(11)3-5-8/h7-8,15H,2-5H2,1H3,(H,12,13,16). The number of alkyl halides is 1. The van der Waals surface area contributed by atoms with Gasteiger partial charge in [0.1, 0.15) is 0 Å². The summed E-state index contributed by atoms with van der Waals surface area (Å²) in [6, 6.07) is -0.122. The Hall–Kier alpha value is -0.770. The van der Waals surface area contributed by atoms with E-state index in [2.05, 4.69) is 20.2 Å². The fourth-order valence-corrected chi connectivity index (χ4v) is 4.48. The molecule has 2 rings (SSSR count). The minimum absolute atomic E-state index is 0.122. The molecule has 1 aromatic rings. The number of carbonyl (C=O) groups excluding carboxylic acids is 1. The van der Waals surface area contributed by atoms with Crippen molar-refractivity contribution in [2.45, 2.75) is 48.4 Å². The molecule has 10 heteroatoms. The van der Waals surface area contributed by atoms with Crippen LogP contribution in [0.15, 0.2) is 4.34 Å². The highest BCUT2D eigenvalue weighted by Crippen LogP contribution is 2.25. The molecule has 0 radical (unpaired) electrons. The van der Waals surface area contributed by atoms with Crippen LogP contribution >= 0.6 is 22.9 Å². The van der Waals surface area contributed by atoms with Gasteiger partial charge in [-0.1, -0.05) is 11.3 Å². The number of rotatable bonds is 4. The van der Waals surface area contributed by atoms with Crippen molar-refractivity contribution in [1.82, 2.24) is 14.9 Å². The highest BCUT2D eigenvalue weighted by atomic mass is 35.5. The van der Waals surface area contributed by atoms with Gasteiger partial charge < -0.3 is 5.32 Å². The van der Waals surface area contributed by atoms with Crippen LogP contribution in [0.1, 0.15) is 32.6 Å². The molecule has 1 amide bonds. The summed E-state index contributed by atoms with van der Waals surface area (Å²) in [5.74, 6) is -0.321. The van der Waals surface area contributed by atoms with Crippen molar-refractivity contribution < 1.29 is 13.2 Å². The van der Waals surface area contributed by atoms with Crippen LogP contribution in [-0.4, -0.2) is 35.9 Å². The molecule has 1 fully saturated rings. The van der Waals surface area contributed by atoms with Crippen LogP contribution in [0, 0.1) is 0 Å². The van der Waals surface area contributed by atoms with E-state index in [1.165, 1.54) is 6.92 Å². The zero-order valence-corrected chi connectivity index (χ0v) is 13.2. The number of carbonyl (C=O) groups is 1. The lowest BCUT2D eigenvalue weighted by molar-refractivity contribution is -0.114. The zero-order valence-electron chi connectivity index (χ0n) is 10.8. The Bertz CT molecular complexity index is 581. The molecule has 0 atom stereocenters. The van der Waals surface area contributed by atoms with Gasteiger partial charge in [0.25, 0.3) is 10.0 Å². The summed E-state index contributed by atoms with van der Waals surface area (Å²) in [6.45, 7) is 1.32. The topological polar surface area (TPSA) is 101 Å². The number of sulfonamides is 1. The summed E-state index contributed by atoms with van der Waals surface area (Å²) in [5, 5.41) is 9.92. The Labute approximate surface area is 126 Å². The molecule has 1 aliphatic rings. The molecule has 0 aromatic carbocycles. The number of hydrogen-bond acceptors (Lipinski definition) is 6. The third kappa shape index (κ3) is 4.11. The van der Waals surface area contributed by atoms with Crippen molar-refractivity contribution in [1.29, 1.82) is 0 Å². The maximum atomic E-state index is 12.1. The van der Waals surface area contributed by atoms with Gasteiger partial charge in [-0.25, -0.2) is 13.1 Å². The SMILES string of the molecule is CC(=O)Nc1nnc(S(=O)(=O)NC2CCC(Cl)CC2)s1. The van der Waals surface area contributed by atoms with Gasteiger partial charge in [0, 0.05) is 18.3 Å². The number of nitrogens with one attached hydrogen (secondary N) is 2. The Kier molecular flexibility index (Phi) is 4.95. The molecule has 1 aromatic heterocycles. The predicted octanol–water partition coefficient (Wildman–Crippen LogP) is 1.32. The summed E-state index contributed by atoms with van der Waals surface area (Å²) in [4.78, 5) is 10.9. The van der Waals surface area contributed by atoms with E-state index in [0.29, 0.717) is 12.8 Å². The number of nitrogens with zero attached hydrogens (tertiary/aromatic N) is 2. The van der Waals surface area contributed by atoms with Crippen molar-refractivity contribution in [3.63, 3.8) is 0 Å². The average Bonchev–Trinajstić information content (AvgIpc) is 2.80. The van der Waals surface area contributed by atoms with Crippen LogP contribution in [0.3, 0.4) is 0 Å². The first-order valence-corrected chi connectivity index (χ1v) is 8.88. The molecule has 7 nitrogen and oxygen atoms in total. The number of aromatic nitrogens is 2. The monoisotopic (exact) mass is 338 g/mol. The molecule has 20 heavy (non-hydrogen) atoms. The fourth-order valence-electron chi connectivity index (χ4n) is 1.96. The molecule has 0 bridgehead atoms. The van der Waals surface area contributed by atoms with Gasteiger partial charge in [0.15, 0.2) is 0 Å². The van der Waals surface area contributed by atoms with E-state index in [1.807, 2.05) is 0 Å². The minimum Gasteiger partial charge on any atom is -0.301 e. The molecular weight excluding hydrogens is 324 g/mol. The Morgan fingerprint density at radius 1 is 1.30 bits per heavy atom. The average molecular weight is 339 g/mol. The van der Waals surface area contributed by atoms with Crippen LogP contribution < -0.4 is 10.0 Å². The Morgan fingerprint density at radius 2 is 1.95 bits per heavy atom. The van der Waals surface area contributed by atoms with E-state index in [1.54, 1.807) is 0 Å². The third-order valence-corrected chi connectivity index (χ3v) is 6.06. The molecule has 0 spiro atoms. The molecule has 1 saturated carbocycles. The van der Waals surface area contributed by atoms with Crippen LogP contribution in [-0.2, 0) is 14.8 Å². The van der Waals surface area contributed by atoms with Gasteiger partial charge >= 0.3 is 0 Å². The van der Waals surface area contributed by atoms with Gasteiger partial charge in [-0.05, 0) is 25.7 Å². The maximum Gasteiger partial charge on any atom is 0.270 e. The van der Waals surface area contributed by atoms with E-state index in [4.69, 9.17) is 11.6 Å². The molecule has 1 heterocycles. The van der Waals surface area contributed by atoms with Crippen molar-refractivity contribution in [3.05, 3.63) is 0 Å². The second kappa shape index (κ2) is 6.33. The van der Waals surface area contributed by atoms with E-state index in [0.717, 1.165) is 24.2 Å². The molecule has 0 saturated heterocycles. The molecule has 112 valence electrons.